The second-order valence-corrected chi connectivity index (χ2v) is 14.4. The average molecular weight is 591 g/mol. The maximum absolute atomic E-state index is 11.6. The van der Waals surface area contributed by atoms with E-state index in [0.717, 1.165) is 42.6 Å². The van der Waals surface area contributed by atoms with Crippen LogP contribution in [0.25, 0.3) is 6.08 Å². The van der Waals surface area contributed by atoms with Crippen LogP contribution in [0.15, 0.2) is 54.6 Å². The molecule has 2 aromatic carbocycles. The molecule has 4 heteroatoms. The van der Waals surface area contributed by atoms with Crippen LogP contribution in [0.5, 0.6) is 5.75 Å². The van der Waals surface area contributed by atoms with Crippen LogP contribution in [0.2, 0.25) is 0 Å². The lowest BCUT2D eigenvalue weighted by atomic mass is 9.70. The Morgan fingerprint density at radius 2 is 1.60 bits per heavy atom. The summed E-state index contributed by atoms with van der Waals surface area (Å²) in [7, 11) is 0. The topological polar surface area (TPSA) is 74.6 Å². The van der Waals surface area contributed by atoms with Crippen molar-refractivity contribution in [1.82, 2.24) is 0 Å². The number of hydrogen-bond donors (Lipinski definition) is 2. The van der Waals surface area contributed by atoms with Crippen molar-refractivity contribution in [3.05, 3.63) is 71.3 Å². The van der Waals surface area contributed by atoms with Crippen LogP contribution >= 0.6 is 0 Å². The van der Waals surface area contributed by atoms with Crippen LogP contribution in [-0.2, 0) is 9.59 Å². The second-order valence-electron chi connectivity index (χ2n) is 14.4. The Morgan fingerprint density at radius 3 is 2.02 bits per heavy atom. The van der Waals surface area contributed by atoms with Gasteiger partial charge in [0.25, 0.3) is 0 Å². The van der Waals surface area contributed by atoms with Gasteiger partial charge >= 0.3 is 0 Å². The molecule has 238 valence electrons. The monoisotopic (exact) mass is 590 g/mol. The number of aliphatic hydroxyl groups excluding tert-OH is 1. The van der Waals surface area contributed by atoms with Crippen molar-refractivity contribution >= 4 is 18.1 Å². The minimum absolute atomic E-state index is 0.0255. The maximum Gasteiger partial charge on any atom is 0.142 e. The van der Waals surface area contributed by atoms with Crippen LogP contribution in [0.4, 0.5) is 0 Å². The molecule has 5 unspecified atom stereocenters. The number of phenols is 1. The van der Waals surface area contributed by atoms with E-state index in [0.29, 0.717) is 35.2 Å². The number of rotatable bonds is 4. The molecule has 0 aromatic heterocycles. The normalized spacial score (nSPS) is 27.1. The second kappa shape index (κ2) is 16.4. The number of carbonyl (C=O) groups excluding carboxylic acids is 2. The number of phenolic OH excluding ortho intramolecular Hbond substituents is 1. The zero-order chi connectivity index (χ0) is 32.4. The number of benzene rings is 2. The minimum atomic E-state index is -0.0289. The van der Waals surface area contributed by atoms with Crippen molar-refractivity contribution in [2.24, 2.45) is 34.5 Å². The lowest BCUT2D eigenvalue weighted by Gasteiger charge is -2.33. The van der Waals surface area contributed by atoms with E-state index >= 15 is 0 Å². The van der Waals surface area contributed by atoms with Gasteiger partial charge in [0, 0.05) is 11.8 Å². The Hall–Kier alpha value is -2.72. The first kappa shape index (κ1) is 36.5. The van der Waals surface area contributed by atoms with E-state index in [1.165, 1.54) is 30.9 Å². The molecule has 3 aliphatic carbocycles. The fourth-order valence-electron chi connectivity index (χ4n) is 6.75. The van der Waals surface area contributed by atoms with Crippen molar-refractivity contribution in [3.63, 3.8) is 0 Å². The molecular formula is C39H58O4. The van der Waals surface area contributed by atoms with Crippen LogP contribution in [0.3, 0.4) is 0 Å². The van der Waals surface area contributed by atoms with Crippen molar-refractivity contribution < 1.29 is 19.8 Å². The summed E-state index contributed by atoms with van der Waals surface area (Å²) in [6.07, 6.45) is 10.8. The zero-order valence-electron chi connectivity index (χ0n) is 28.3. The molecule has 2 N–H and O–H groups in total. The van der Waals surface area contributed by atoms with Gasteiger partial charge in [-0.3, -0.25) is 9.59 Å². The Morgan fingerprint density at radius 1 is 0.953 bits per heavy atom. The molecule has 4 nitrogen and oxygen atoms in total. The van der Waals surface area contributed by atoms with Gasteiger partial charge in [-0.1, -0.05) is 110 Å². The molecule has 3 saturated carbocycles. The van der Waals surface area contributed by atoms with Crippen molar-refractivity contribution in [1.29, 1.82) is 0 Å². The van der Waals surface area contributed by atoms with Crippen molar-refractivity contribution in [2.75, 3.05) is 0 Å². The molecule has 0 amide bonds. The maximum atomic E-state index is 11.6. The number of aryl methyl sites for hydroxylation is 1. The van der Waals surface area contributed by atoms with Gasteiger partial charge in [-0.15, -0.1) is 0 Å². The SMILES string of the molecule is CC12CCC(CC1=O)C2(C)C.CC1CCC(C(C)C)C(O)C1.Cc1ccc(C(C)C)cc1O.O=C/C=C/c1ccccc1. The van der Waals surface area contributed by atoms with Gasteiger partial charge < -0.3 is 10.2 Å². The first-order valence-corrected chi connectivity index (χ1v) is 16.3. The highest BCUT2D eigenvalue weighted by molar-refractivity contribution is 5.89. The highest BCUT2D eigenvalue weighted by atomic mass is 16.3. The fourth-order valence-corrected chi connectivity index (χ4v) is 6.75. The molecule has 2 aromatic rings. The molecule has 3 aliphatic rings. The van der Waals surface area contributed by atoms with Crippen molar-refractivity contribution in [2.45, 2.75) is 113 Å². The fraction of sp³-hybridized carbons (Fsp3) is 0.590. The van der Waals surface area contributed by atoms with Gasteiger partial charge in [0.15, 0.2) is 0 Å². The number of aldehydes is 1. The molecule has 0 saturated heterocycles. The Labute approximate surface area is 262 Å². The molecule has 5 atom stereocenters. The zero-order valence-corrected chi connectivity index (χ0v) is 28.3. The molecule has 3 fully saturated rings. The number of carbonyl (C=O) groups is 2. The molecular weight excluding hydrogens is 532 g/mol. The summed E-state index contributed by atoms with van der Waals surface area (Å²) in [6, 6.07) is 15.5. The third-order valence-corrected chi connectivity index (χ3v) is 10.5. The highest BCUT2D eigenvalue weighted by Gasteiger charge is 2.61. The number of hydrogen-bond acceptors (Lipinski definition) is 4. The molecule has 5 rings (SSSR count). The third kappa shape index (κ3) is 9.89. The quantitative estimate of drug-likeness (QED) is 0.275. The number of ketones is 1. The molecule has 0 aliphatic heterocycles. The van der Waals surface area contributed by atoms with Gasteiger partial charge in [0.2, 0.25) is 0 Å². The number of aromatic hydroxyl groups is 1. The van der Waals surface area contributed by atoms with Crippen molar-refractivity contribution in [3.8, 4) is 5.75 Å². The predicted octanol–water partition coefficient (Wildman–Crippen LogP) is 9.56. The third-order valence-electron chi connectivity index (χ3n) is 10.5. The minimum Gasteiger partial charge on any atom is -0.508 e. The predicted molar refractivity (Wildman–Crippen MR) is 180 cm³/mol. The smallest absolute Gasteiger partial charge is 0.142 e. The first-order chi connectivity index (χ1) is 20.1. The van der Waals surface area contributed by atoms with Gasteiger partial charge in [-0.05, 0) is 96.4 Å². The Bertz CT molecular complexity index is 1180. The highest BCUT2D eigenvalue weighted by Crippen LogP contribution is 2.63. The Balaban J connectivity index is 0.000000200. The molecule has 2 bridgehead atoms. The van der Waals surface area contributed by atoms with E-state index in [4.69, 9.17) is 0 Å². The summed E-state index contributed by atoms with van der Waals surface area (Å²) in [4.78, 5) is 21.5. The first-order valence-electron chi connectivity index (χ1n) is 16.3. The summed E-state index contributed by atoms with van der Waals surface area (Å²) >= 11 is 0. The Kier molecular flexibility index (Phi) is 13.9. The molecule has 43 heavy (non-hydrogen) atoms. The average Bonchev–Trinajstić information content (AvgIpc) is 3.28. The van der Waals surface area contributed by atoms with Crippen LogP contribution in [-0.4, -0.2) is 28.4 Å². The molecule has 0 heterocycles. The van der Waals surface area contributed by atoms with Crippen LogP contribution in [0.1, 0.15) is 117 Å². The number of aliphatic hydroxyl groups is 1. The van der Waals surface area contributed by atoms with Gasteiger partial charge in [0.05, 0.1) is 6.10 Å². The van der Waals surface area contributed by atoms with Gasteiger partial charge in [-0.25, -0.2) is 0 Å². The molecule has 0 spiro atoms. The number of Topliss-reactive ketones (excluding diaryl/α,β-unsaturated/α-hetero) is 1. The summed E-state index contributed by atoms with van der Waals surface area (Å²) in [5.74, 6) is 4.03. The largest absolute Gasteiger partial charge is 0.508 e. The van der Waals surface area contributed by atoms with Crippen LogP contribution in [0, 0.1) is 41.4 Å². The van der Waals surface area contributed by atoms with Gasteiger partial charge in [-0.2, -0.15) is 0 Å². The van der Waals surface area contributed by atoms with E-state index < -0.39 is 0 Å². The van der Waals surface area contributed by atoms with E-state index in [9.17, 15) is 19.8 Å². The summed E-state index contributed by atoms with van der Waals surface area (Å²) in [6.45, 7) is 19.5. The summed E-state index contributed by atoms with van der Waals surface area (Å²) in [5, 5.41) is 19.1. The number of allylic oxidation sites excluding steroid dienone is 1. The number of fused-ring (bicyclic) bond motifs is 2. The summed E-state index contributed by atoms with van der Waals surface area (Å²) < 4.78 is 0. The lowest BCUT2D eigenvalue weighted by Crippen LogP contribution is -2.32. The lowest BCUT2D eigenvalue weighted by molar-refractivity contribution is -0.128. The van der Waals surface area contributed by atoms with E-state index in [-0.39, 0.29) is 16.9 Å². The van der Waals surface area contributed by atoms with Crippen LogP contribution < -0.4 is 0 Å². The van der Waals surface area contributed by atoms with E-state index in [1.807, 2.05) is 49.4 Å². The molecule has 0 radical (unpaired) electrons. The van der Waals surface area contributed by atoms with E-state index in [1.54, 1.807) is 6.08 Å². The standard InChI is InChI=1S/C10H16O.C10H14O.C10H20O.C9H8O/c1-9(2)7-4-5-10(9,3)8(11)6-7;1-7(2)9-5-4-8(3)10(11)6-9;1-7(2)9-5-4-8(3)6-10(9)11;10-8-4-7-9-5-2-1-3-6-9/h7H,4-6H2,1-3H3;4-7,11H,1-3H3;7-11H,4-6H2,1-3H3;1-8H/b;;;7-4+. The van der Waals surface area contributed by atoms with E-state index in [2.05, 4.69) is 61.5 Å². The van der Waals surface area contributed by atoms with Gasteiger partial charge in [0.1, 0.15) is 17.8 Å². The summed E-state index contributed by atoms with van der Waals surface area (Å²) in [5.41, 5.74) is 3.49.